The van der Waals surface area contributed by atoms with E-state index in [0.717, 1.165) is 0 Å². The van der Waals surface area contributed by atoms with E-state index in [1.54, 1.807) is 9.80 Å². The van der Waals surface area contributed by atoms with Gasteiger partial charge in [-0.05, 0) is 51.4 Å². The number of rotatable bonds is 48. The third-order valence-electron chi connectivity index (χ3n) is 16.1. The Hall–Kier alpha value is -3.57. The molecule has 2 amide bonds. The molecule has 4 fully saturated rings. The zero-order chi connectivity index (χ0) is 66.8. The number of carbonyl (C=O) groups excluding carboxylic acids is 2. The molecule has 0 aliphatic carbocycles. The van der Waals surface area contributed by atoms with Crippen molar-refractivity contribution in [1.82, 2.24) is 24.5 Å². The molecule has 4 aliphatic heterocycles. The molecule has 0 aromatic rings. The van der Waals surface area contributed by atoms with Crippen molar-refractivity contribution in [3.05, 3.63) is 0 Å². The molecule has 4 unspecified atom stereocenters. The molecule has 0 radical (unpaired) electrons. The Morgan fingerprint density at radius 3 is 0.747 bits per heavy atom. The van der Waals surface area contributed by atoms with Gasteiger partial charge in [0.2, 0.25) is 11.8 Å². The lowest BCUT2D eigenvalue weighted by molar-refractivity contribution is -0.305. The summed E-state index contributed by atoms with van der Waals surface area (Å²) >= 11 is 0. The monoisotopic (exact) mass is 1320 g/mol. The number of carboxylic acids is 3. The molecule has 0 spiro atoms. The lowest BCUT2D eigenvalue weighted by Gasteiger charge is -2.34. The standard InChI is InChI=1S/C58H105N5O28/c64-38-29-47(88-55(80)51(38)76)84-25-13-5-1-9-17-62(18-10-2-6-14-26-85-48-30-39(65)52(77)56(81)89-48)42(68)33-60(36-45(72)73)23-21-59(35-44(70)71)22-24-61(37-46(74)75)34-43(69)63(19-11-3-7-15-27-86-49-31-40(66)53(78)57(82)90-49)20-12-4-8-16-28-87-50-32-41(67)54(79)58(83)91-50/h38-41,47-58,64-67,76-83H,1-37H2,(H,70,71)(H,72,73)(H,74,75)/t38-,39-,40-,41-,47?,48?,49?,50?,51+,52+,53+,54+,55+,56+,57+,58+/m1/s1. The number of aliphatic hydroxyl groups is 12. The number of hydrogen-bond acceptors (Lipinski definition) is 28. The van der Waals surface area contributed by atoms with Gasteiger partial charge in [0.05, 0.1) is 57.1 Å². The fourth-order valence-electron chi connectivity index (χ4n) is 10.7. The average molecular weight is 1320 g/mol. The number of aliphatic hydroxyl groups excluding tert-OH is 12. The molecule has 16 atom stereocenters. The van der Waals surface area contributed by atoms with E-state index in [0.29, 0.717) is 129 Å². The SMILES string of the molecule is O=C(O)CN(CCN(CC(=O)O)CC(=O)N(CCCCCCOC1C[C@@H](O)[C@H](O)[C@@H](O)O1)CCCCCCOC1C[C@@H](O)[C@H](O)[C@@H](O)O1)CCN(CC(=O)O)CC(=O)N(CCCCCCOC1C[C@@H](O)[C@H](O)[C@@H](O)O1)CCCCCCOC1C[C@@H](O)[C@H](O)[C@@H](O)O1. The third-order valence-corrected chi connectivity index (χ3v) is 16.1. The Morgan fingerprint density at radius 2 is 0.516 bits per heavy atom. The van der Waals surface area contributed by atoms with Crippen LogP contribution in [-0.4, -0.2) is 341 Å². The van der Waals surface area contributed by atoms with Gasteiger partial charge in [0.15, 0.2) is 50.3 Å². The molecule has 4 rings (SSSR count). The minimum absolute atomic E-state index is 0.0185. The first kappa shape index (κ1) is 79.9. The largest absolute Gasteiger partial charge is 0.480 e. The van der Waals surface area contributed by atoms with Crippen molar-refractivity contribution in [3.63, 3.8) is 0 Å². The zero-order valence-electron chi connectivity index (χ0n) is 52.2. The number of nitrogens with zero attached hydrogens (tertiary/aromatic N) is 5. The first-order valence-electron chi connectivity index (χ1n) is 32.0. The minimum atomic E-state index is -1.58. The highest BCUT2D eigenvalue weighted by atomic mass is 16.8. The highest BCUT2D eigenvalue weighted by Gasteiger charge is 2.39. The van der Waals surface area contributed by atoms with E-state index in [-0.39, 0.29) is 103 Å². The molecular formula is C58H105N5O28. The Labute approximate surface area is 530 Å². The van der Waals surface area contributed by atoms with E-state index in [9.17, 15) is 101 Å². The van der Waals surface area contributed by atoms with Crippen LogP contribution in [0.1, 0.15) is 128 Å². The molecular weight excluding hydrogens is 1210 g/mol. The van der Waals surface area contributed by atoms with Crippen molar-refractivity contribution in [3.8, 4) is 0 Å². The van der Waals surface area contributed by atoms with E-state index < -0.39 is 137 Å². The van der Waals surface area contributed by atoms with Gasteiger partial charge in [-0.2, -0.15) is 0 Å². The van der Waals surface area contributed by atoms with Crippen LogP contribution in [0.3, 0.4) is 0 Å². The number of carbonyl (C=O) groups is 5. The Balaban J connectivity index is 1.33. The predicted molar refractivity (Wildman–Crippen MR) is 313 cm³/mol. The van der Waals surface area contributed by atoms with Crippen LogP contribution in [0.4, 0.5) is 0 Å². The maximum atomic E-state index is 14.1. The molecule has 0 aromatic carbocycles. The zero-order valence-corrected chi connectivity index (χ0v) is 52.2. The third kappa shape index (κ3) is 32.2. The molecule has 15 N–H and O–H groups in total. The minimum Gasteiger partial charge on any atom is -0.480 e. The summed E-state index contributed by atoms with van der Waals surface area (Å²) in [5.41, 5.74) is 0. The molecule has 91 heavy (non-hydrogen) atoms. The number of aliphatic carboxylic acids is 3. The van der Waals surface area contributed by atoms with Gasteiger partial charge < -0.3 is 124 Å². The van der Waals surface area contributed by atoms with Gasteiger partial charge in [-0.3, -0.25) is 38.7 Å². The van der Waals surface area contributed by atoms with E-state index >= 15 is 0 Å². The number of ether oxygens (including phenoxy) is 8. The summed E-state index contributed by atoms with van der Waals surface area (Å²) in [6.07, 6.45) is -10.6. The predicted octanol–water partition coefficient (Wildman–Crippen LogP) is -3.74. The van der Waals surface area contributed by atoms with Gasteiger partial charge in [-0.15, -0.1) is 0 Å². The van der Waals surface area contributed by atoms with Crippen LogP contribution in [0.25, 0.3) is 0 Å². The van der Waals surface area contributed by atoms with Crippen LogP contribution >= 0.6 is 0 Å². The Kier molecular flexibility index (Phi) is 38.8. The second kappa shape index (κ2) is 44.2. The van der Waals surface area contributed by atoms with Gasteiger partial charge in [-0.1, -0.05) is 51.4 Å². The molecule has 0 aromatic heterocycles. The first-order valence-corrected chi connectivity index (χ1v) is 32.0. The summed E-state index contributed by atoms with van der Waals surface area (Å²) in [5, 5.41) is 148. The smallest absolute Gasteiger partial charge is 0.317 e. The fourth-order valence-corrected chi connectivity index (χ4v) is 10.7. The Morgan fingerprint density at radius 1 is 0.297 bits per heavy atom. The highest BCUT2D eigenvalue weighted by Crippen LogP contribution is 2.24. The molecule has 4 aliphatic rings. The van der Waals surface area contributed by atoms with Gasteiger partial charge in [0, 0.05) is 104 Å². The van der Waals surface area contributed by atoms with Gasteiger partial charge in [0.1, 0.15) is 24.4 Å². The van der Waals surface area contributed by atoms with Crippen molar-refractivity contribution >= 4 is 29.7 Å². The maximum Gasteiger partial charge on any atom is 0.317 e. The van der Waals surface area contributed by atoms with E-state index in [1.807, 2.05) is 0 Å². The second-order valence-corrected chi connectivity index (χ2v) is 23.8. The summed E-state index contributed by atoms with van der Waals surface area (Å²) in [5.74, 6) is -4.45. The normalized spacial score (nSPS) is 28.8. The van der Waals surface area contributed by atoms with E-state index in [2.05, 4.69) is 0 Å². The number of carboxylic acid groups (broad SMARTS) is 3. The van der Waals surface area contributed by atoms with Crippen molar-refractivity contribution in [2.45, 2.75) is 228 Å². The van der Waals surface area contributed by atoms with Crippen LogP contribution in [-0.2, 0) is 61.9 Å². The van der Waals surface area contributed by atoms with Crippen LogP contribution in [0.5, 0.6) is 0 Å². The molecule has 33 nitrogen and oxygen atoms in total. The summed E-state index contributed by atoms with van der Waals surface area (Å²) < 4.78 is 43.3. The van der Waals surface area contributed by atoms with Crippen molar-refractivity contribution in [1.29, 1.82) is 0 Å². The maximum absolute atomic E-state index is 14.1. The Bertz CT molecular complexity index is 1780. The van der Waals surface area contributed by atoms with Gasteiger partial charge in [0.25, 0.3) is 0 Å². The quantitative estimate of drug-likeness (QED) is 0.0260. The van der Waals surface area contributed by atoms with E-state index in [4.69, 9.17) is 37.9 Å². The summed E-state index contributed by atoms with van der Waals surface area (Å²) in [7, 11) is 0. The molecule has 4 heterocycles. The van der Waals surface area contributed by atoms with Crippen molar-refractivity contribution in [2.75, 3.05) is 112 Å². The molecule has 4 saturated heterocycles. The van der Waals surface area contributed by atoms with Crippen molar-refractivity contribution in [2.24, 2.45) is 0 Å². The van der Waals surface area contributed by atoms with Crippen LogP contribution < -0.4 is 0 Å². The average Bonchev–Trinajstić information content (AvgIpc) is 3.00. The number of amides is 2. The van der Waals surface area contributed by atoms with E-state index in [1.165, 1.54) is 14.7 Å². The molecule has 33 heteroatoms. The highest BCUT2D eigenvalue weighted by molar-refractivity contribution is 5.80. The second-order valence-electron chi connectivity index (χ2n) is 23.8. The first-order chi connectivity index (χ1) is 43.4. The molecule has 0 saturated carbocycles. The molecule has 0 bridgehead atoms. The molecule has 530 valence electrons. The summed E-state index contributed by atoms with van der Waals surface area (Å²) in [4.78, 5) is 72.4. The van der Waals surface area contributed by atoms with Crippen molar-refractivity contribution < 1.29 is 138 Å². The van der Waals surface area contributed by atoms with Crippen LogP contribution in [0, 0.1) is 0 Å². The number of unbranched alkanes of at least 4 members (excludes halogenated alkanes) is 12. The summed E-state index contributed by atoms with van der Waals surface area (Å²) in [6.45, 7) is -0.345. The lowest BCUT2D eigenvalue weighted by Crippen LogP contribution is -2.48. The van der Waals surface area contributed by atoms with Crippen LogP contribution in [0.15, 0.2) is 0 Å². The number of hydrogen-bond donors (Lipinski definition) is 15. The van der Waals surface area contributed by atoms with Gasteiger partial charge >= 0.3 is 17.9 Å². The lowest BCUT2D eigenvalue weighted by atomic mass is 10.1. The topological polar surface area (TPSA) is 479 Å². The summed E-state index contributed by atoms with van der Waals surface area (Å²) in [6, 6.07) is 0. The van der Waals surface area contributed by atoms with Crippen LogP contribution in [0.2, 0.25) is 0 Å². The fraction of sp³-hybridized carbons (Fsp3) is 0.914. The van der Waals surface area contributed by atoms with Gasteiger partial charge in [-0.25, -0.2) is 0 Å².